The Balaban J connectivity index is 1.23. The van der Waals surface area contributed by atoms with Crippen molar-refractivity contribution in [2.24, 2.45) is 5.92 Å². The van der Waals surface area contributed by atoms with Crippen LogP contribution >= 0.6 is 11.3 Å². The van der Waals surface area contributed by atoms with Gasteiger partial charge >= 0.3 is 0 Å². The Morgan fingerprint density at radius 3 is 2.66 bits per heavy atom. The zero-order valence-electron chi connectivity index (χ0n) is 19.7. The molecular formula is C27H30N4O3S. The second-order valence-corrected chi connectivity index (χ2v) is 10.7. The van der Waals surface area contributed by atoms with Gasteiger partial charge in [-0.05, 0) is 55.5 Å². The van der Waals surface area contributed by atoms with E-state index < -0.39 is 6.04 Å². The zero-order valence-corrected chi connectivity index (χ0v) is 20.5. The first-order valence-corrected chi connectivity index (χ1v) is 13.4. The van der Waals surface area contributed by atoms with Gasteiger partial charge in [-0.3, -0.25) is 9.59 Å². The van der Waals surface area contributed by atoms with Crippen molar-refractivity contribution in [3.05, 3.63) is 54.1 Å². The summed E-state index contributed by atoms with van der Waals surface area (Å²) < 4.78 is 6.50. The van der Waals surface area contributed by atoms with Gasteiger partial charge in [0, 0.05) is 30.4 Å². The van der Waals surface area contributed by atoms with E-state index in [4.69, 9.17) is 9.72 Å². The zero-order chi connectivity index (χ0) is 23.8. The van der Waals surface area contributed by atoms with Crippen LogP contribution in [0.15, 0.2) is 48.5 Å². The third-order valence-corrected chi connectivity index (χ3v) is 8.65. The number of hydrogen-bond acceptors (Lipinski definition) is 6. The first-order valence-electron chi connectivity index (χ1n) is 12.6. The SMILES string of the molecule is O=C(Nc1ccc2nc(N3CCOCC3)sc2c1)C1CC2CCCCC2N1C(=O)c1ccccc1. The van der Waals surface area contributed by atoms with Crippen LogP contribution in [0.2, 0.25) is 0 Å². The van der Waals surface area contributed by atoms with E-state index >= 15 is 0 Å². The monoisotopic (exact) mass is 490 g/mol. The van der Waals surface area contributed by atoms with Crippen LogP contribution in [0, 0.1) is 5.92 Å². The molecule has 3 fully saturated rings. The number of anilines is 2. The van der Waals surface area contributed by atoms with Gasteiger partial charge in [-0.15, -0.1) is 0 Å². The van der Waals surface area contributed by atoms with Crippen LogP contribution in [0.1, 0.15) is 42.5 Å². The molecular weight excluding hydrogens is 460 g/mol. The summed E-state index contributed by atoms with van der Waals surface area (Å²) >= 11 is 1.64. The standard InChI is InChI=1S/C27H30N4O3S/c32-25(28-20-10-11-21-24(17-20)35-27(29-21)30-12-14-34-15-13-30)23-16-19-8-4-5-9-22(19)31(23)26(33)18-6-2-1-3-7-18/h1-3,6-7,10-11,17,19,22-23H,4-5,8-9,12-16H2,(H,28,32). The molecule has 3 heterocycles. The summed E-state index contributed by atoms with van der Waals surface area (Å²) in [6.45, 7) is 3.13. The molecule has 182 valence electrons. The molecule has 1 N–H and O–H groups in total. The number of aromatic nitrogens is 1. The highest BCUT2D eigenvalue weighted by Crippen LogP contribution is 2.41. The van der Waals surface area contributed by atoms with Crippen LogP contribution in [0.4, 0.5) is 10.8 Å². The number of carbonyl (C=O) groups excluding carboxylic acids is 2. The summed E-state index contributed by atoms with van der Waals surface area (Å²) in [5.41, 5.74) is 2.34. The molecule has 1 saturated carbocycles. The maximum Gasteiger partial charge on any atom is 0.254 e. The number of morpholine rings is 1. The third-order valence-electron chi connectivity index (χ3n) is 7.57. The van der Waals surface area contributed by atoms with Crippen molar-refractivity contribution in [2.75, 3.05) is 36.5 Å². The fourth-order valence-electron chi connectivity index (χ4n) is 5.82. The van der Waals surface area contributed by atoms with Crippen molar-refractivity contribution >= 4 is 44.2 Å². The minimum absolute atomic E-state index is 0.0341. The lowest BCUT2D eigenvalue weighted by Gasteiger charge is -2.33. The summed E-state index contributed by atoms with van der Waals surface area (Å²) in [6, 6.07) is 14.9. The molecule has 0 bridgehead atoms. The van der Waals surface area contributed by atoms with Gasteiger partial charge in [-0.2, -0.15) is 0 Å². The van der Waals surface area contributed by atoms with Gasteiger partial charge in [-0.25, -0.2) is 4.98 Å². The number of rotatable bonds is 4. The Kier molecular flexibility index (Phi) is 6.16. The molecule has 1 aromatic heterocycles. The van der Waals surface area contributed by atoms with E-state index in [1.165, 1.54) is 6.42 Å². The topological polar surface area (TPSA) is 74.8 Å². The van der Waals surface area contributed by atoms with Gasteiger partial charge in [0.15, 0.2) is 5.13 Å². The van der Waals surface area contributed by atoms with Gasteiger partial charge in [0.2, 0.25) is 5.91 Å². The van der Waals surface area contributed by atoms with Crippen LogP contribution in [-0.2, 0) is 9.53 Å². The highest BCUT2D eigenvalue weighted by atomic mass is 32.1. The number of amides is 2. The Hall–Kier alpha value is -2.97. The quantitative estimate of drug-likeness (QED) is 0.581. The van der Waals surface area contributed by atoms with Crippen LogP contribution in [0.5, 0.6) is 0 Å². The molecule has 2 aromatic carbocycles. The fraction of sp³-hybridized carbons (Fsp3) is 0.444. The molecule has 3 atom stereocenters. The van der Waals surface area contributed by atoms with Crippen LogP contribution in [-0.4, -0.2) is 60.1 Å². The maximum absolute atomic E-state index is 13.6. The van der Waals surface area contributed by atoms with Gasteiger partial charge in [-0.1, -0.05) is 42.4 Å². The Labute approximate surface area is 209 Å². The van der Waals surface area contributed by atoms with Gasteiger partial charge in [0.1, 0.15) is 6.04 Å². The largest absolute Gasteiger partial charge is 0.378 e. The lowest BCUT2D eigenvalue weighted by Crippen LogP contribution is -2.47. The predicted octanol–water partition coefficient (Wildman–Crippen LogP) is 4.54. The van der Waals surface area contributed by atoms with Crippen molar-refractivity contribution in [2.45, 2.75) is 44.2 Å². The summed E-state index contributed by atoms with van der Waals surface area (Å²) in [7, 11) is 0. The normalized spacial score (nSPS) is 24.4. The molecule has 2 aliphatic heterocycles. The number of hydrogen-bond donors (Lipinski definition) is 1. The first kappa shape index (κ1) is 22.5. The number of carbonyl (C=O) groups is 2. The van der Waals surface area contributed by atoms with Crippen LogP contribution in [0.3, 0.4) is 0 Å². The molecule has 35 heavy (non-hydrogen) atoms. The lowest BCUT2D eigenvalue weighted by molar-refractivity contribution is -0.120. The first-order chi connectivity index (χ1) is 17.2. The van der Waals surface area contributed by atoms with Crippen LogP contribution < -0.4 is 10.2 Å². The highest BCUT2D eigenvalue weighted by molar-refractivity contribution is 7.22. The summed E-state index contributed by atoms with van der Waals surface area (Å²) in [5.74, 6) is 0.265. The number of thiazole rings is 1. The molecule has 0 spiro atoms. The predicted molar refractivity (Wildman–Crippen MR) is 138 cm³/mol. The third kappa shape index (κ3) is 4.41. The van der Waals surface area contributed by atoms with Crippen molar-refractivity contribution in [3.63, 3.8) is 0 Å². The summed E-state index contributed by atoms with van der Waals surface area (Å²) in [5, 5.41) is 4.12. The number of nitrogens with zero attached hydrogens (tertiary/aromatic N) is 3. The summed E-state index contributed by atoms with van der Waals surface area (Å²) in [6.07, 6.45) is 5.09. The van der Waals surface area contributed by atoms with E-state index in [1.807, 2.05) is 53.4 Å². The smallest absolute Gasteiger partial charge is 0.254 e. The Morgan fingerprint density at radius 2 is 1.83 bits per heavy atom. The van der Waals surface area contributed by atoms with E-state index in [-0.39, 0.29) is 17.9 Å². The molecule has 3 aliphatic rings. The Bertz CT molecular complexity index is 1220. The molecule has 2 amide bonds. The molecule has 1 aliphatic carbocycles. The minimum Gasteiger partial charge on any atom is -0.378 e. The van der Waals surface area contributed by atoms with Crippen molar-refractivity contribution in [1.29, 1.82) is 0 Å². The molecule has 3 unspecified atom stereocenters. The molecule has 8 heteroatoms. The van der Waals surface area contributed by atoms with E-state index in [0.717, 1.165) is 73.0 Å². The fourth-order valence-corrected chi connectivity index (χ4v) is 6.88. The van der Waals surface area contributed by atoms with E-state index in [9.17, 15) is 9.59 Å². The van der Waals surface area contributed by atoms with E-state index in [2.05, 4.69) is 10.2 Å². The van der Waals surface area contributed by atoms with Gasteiger partial charge < -0.3 is 19.9 Å². The Morgan fingerprint density at radius 1 is 1.03 bits per heavy atom. The molecule has 7 nitrogen and oxygen atoms in total. The number of fused-ring (bicyclic) bond motifs is 2. The molecule has 6 rings (SSSR count). The van der Waals surface area contributed by atoms with E-state index in [0.29, 0.717) is 11.5 Å². The van der Waals surface area contributed by atoms with E-state index in [1.54, 1.807) is 11.3 Å². The number of nitrogens with one attached hydrogen (secondary N) is 1. The highest BCUT2D eigenvalue weighted by Gasteiger charge is 2.47. The average molecular weight is 491 g/mol. The number of likely N-dealkylation sites (tertiary alicyclic amines) is 1. The number of benzene rings is 2. The second kappa shape index (κ2) is 9.59. The van der Waals surface area contributed by atoms with Crippen LogP contribution in [0.25, 0.3) is 10.2 Å². The molecule has 3 aromatic rings. The molecule has 0 radical (unpaired) electrons. The minimum atomic E-state index is -0.447. The average Bonchev–Trinajstić information content (AvgIpc) is 3.51. The molecule has 2 saturated heterocycles. The maximum atomic E-state index is 13.6. The summed E-state index contributed by atoms with van der Waals surface area (Å²) in [4.78, 5) is 36.0. The number of ether oxygens (including phenoxy) is 1. The lowest BCUT2D eigenvalue weighted by atomic mass is 9.84. The van der Waals surface area contributed by atoms with Crippen molar-refractivity contribution in [3.8, 4) is 0 Å². The van der Waals surface area contributed by atoms with Crippen molar-refractivity contribution < 1.29 is 14.3 Å². The van der Waals surface area contributed by atoms with Gasteiger partial charge in [0.25, 0.3) is 5.91 Å². The second-order valence-electron chi connectivity index (χ2n) is 9.71. The van der Waals surface area contributed by atoms with Gasteiger partial charge in [0.05, 0.1) is 23.4 Å². The van der Waals surface area contributed by atoms with Crippen molar-refractivity contribution in [1.82, 2.24) is 9.88 Å².